The quantitative estimate of drug-likeness (QED) is 0.768. The number of nitrogens with one attached hydrogen (secondary N) is 1. The molecule has 0 saturated heterocycles. The van der Waals surface area contributed by atoms with E-state index < -0.39 is 0 Å². The van der Waals surface area contributed by atoms with Gasteiger partial charge >= 0.3 is 0 Å². The van der Waals surface area contributed by atoms with Gasteiger partial charge in [0.25, 0.3) is 5.91 Å². The summed E-state index contributed by atoms with van der Waals surface area (Å²) in [6.45, 7) is 2.44. The minimum absolute atomic E-state index is 0.00283. The number of hydrogen-bond donors (Lipinski definition) is 1. The minimum atomic E-state index is -0.151. The van der Waals surface area contributed by atoms with Gasteiger partial charge in [0.15, 0.2) is 6.61 Å². The number of likely N-dealkylation sites (N-methyl/N-ethyl adjacent to an activating group) is 1. The van der Waals surface area contributed by atoms with Crippen molar-refractivity contribution in [3.8, 4) is 5.75 Å². The molecule has 0 bridgehead atoms. The molecular weight excluding hydrogens is 204 g/mol. The van der Waals surface area contributed by atoms with E-state index in [4.69, 9.17) is 16.3 Å². The molecule has 76 valence electrons. The lowest BCUT2D eigenvalue weighted by molar-refractivity contribution is -0.122. The topological polar surface area (TPSA) is 51.2 Å². The summed E-state index contributed by atoms with van der Waals surface area (Å²) < 4.78 is 5.14. The maximum absolute atomic E-state index is 11.0. The maximum Gasteiger partial charge on any atom is 0.257 e. The lowest BCUT2D eigenvalue weighted by Gasteiger charge is -2.04. The van der Waals surface area contributed by atoms with E-state index >= 15 is 0 Å². The van der Waals surface area contributed by atoms with Crippen LogP contribution in [0.15, 0.2) is 18.3 Å². The molecule has 14 heavy (non-hydrogen) atoms. The molecule has 0 atom stereocenters. The number of rotatable bonds is 4. The van der Waals surface area contributed by atoms with Gasteiger partial charge in [0.1, 0.15) is 10.9 Å². The number of carbonyl (C=O) groups is 1. The van der Waals surface area contributed by atoms with Crippen molar-refractivity contribution >= 4 is 17.5 Å². The third kappa shape index (κ3) is 3.62. The van der Waals surface area contributed by atoms with Crippen molar-refractivity contribution in [1.82, 2.24) is 10.3 Å². The van der Waals surface area contributed by atoms with E-state index in [0.29, 0.717) is 17.4 Å². The summed E-state index contributed by atoms with van der Waals surface area (Å²) in [5.41, 5.74) is 0. The third-order valence-corrected chi connectivity index (χ3v) is 1.67. The summed E-state index contributed by atoms with van der Waals surface area (Å²) in [5.74, 6) is 0.378. The van der Waals surface area contributed by atoms with E-state index in [2.05, 4.69) is 10.3 Å². The van der Waals surface area contributed by atoms with Crippen LogP contribution in [0.4, 0.5) is 0 Å². The van der Waals surface area contributed by atoms with Gasteiger partial charge in [0, 0.05) is 6.54 Å². The van der Waals surface area contributed by atoms with Gasteiger partial charge < -0.3 is 10.1 Å². The average Bonchev–Trinajstić information content (AvgIpc) is 2.17. The molecule has 1 aromatic rings. The standard InChI is InChI=1S/C9H11ClN2O2/c1-2-11-9(13)6-14-7-3-4-8(10)12-5-7/h3-5H,2,6H2,1H3,(H,11,13). The number of carbonyl (C=O) groups excluding carboxylic acids is 1. The van der Waals surface area contributed by atoms with Gasteiger partial charge in [0.2, 0.25) is 0 Å². The summed E-state index contributed by atoms with van der Waals surface area (Å²) in [7, 11) is 0. The largest absolute Gasteiger partial charge is 0.482 e. The fourth-order valence-electron chi connectivity index (χ4n) is 0.845. The summed E-state index contributed by atoms with van der Waals surface area (Å²) in [6, 6.07) is 3.27. The van der Waals surface area contributed by atoms with E-state index in [-0.39, 0.29) is 12.5 Å². The van der Waals surface area contributed by atoms with Gasteiger partial charge in [0.05, 0.1) is 6.20 Å². The Morgan fingerprint density at radius 2 is 2.43 bits per heavy atom. The molecule has 1 aromatic heterocycles. The van der Waals surface area contributed by atoms with Crippen molar-refractivity contribution in [2.24, 2.45) is 0 Å². The van der Waals surface area contributed by atoms with Gasteiger partial charge in [-0.2, -0.15) is 0 Å². The molecule has 1 N–H and O–H groups in total. The Balaban J connectivity index is 2.38. The molecule has 4 nitrogen and oxygen atoms in total. The first-order valence-electron chi connectivity index (χ1n) is 4.23. The van der Waals surface area contributed by atoms with Crippen LogP contribution in [-0.4, -0.2) is 24.0 Å². The first-order valence-corrected chi connectivity index (χ1v) is 4.61. The van der Waals surface area contributed by atoms with Crippen molar-refractivity contribution < 1.29 is 9.53 Å². The first kappa shape index (κ1) is 10.8. The molecule has 0 radical (unpaired) electrons. The van der Waals surface area contributed by atoms with Crippen LogP contribution < -0.4 is 10.1 Å². The lowest BCUT2D eigenvalue weighted by Crippen LogP contribution is -2.28. The molecule has 5 heteroatoms. The van der Waals surface area contributed by atoms with Crippen molar-refractivity contribution in [2.75, 3.05) is 13.2 Å². The van der Waals surface area contributed by atoms with Crippen LogP contribution in [0.25, 0.3) is 0 Å². The number of ether oxygens (including phenoxy) is 1. The highest BCUT2D eigenvalue weighted by molar-refractivity contribution is 6.29. The van der Waals surface area contributed by atoms with Crippen molar-refractivity contribution in [3.63, 3.8) is 0 Å². The Kier molecular flexibility index (Phi) is 4.19. The van der Waals surface area contributed by atoms with Gasteiger partial charge in [-0.3, -0.25) is 4.79 Å². The Morgan fingerprint density at radius 1 is 1.64 bits per heavy atom. The third-order valence-electron chi connectivity index (χ3n) is 1.44. The van der Waals surface area contributed by atoms with Crippen molar-refractivity contribution in [2.45, 2.75) is 6.92 Å². The second-order valence-electron chi connectivity index (χ2n) is 2.56. The molecule has 0 spiro atoms. The molecule has 0 saturated carbocycles. The molecule has 0 unspecified atom stereocenters. The molecular formula is C9H11ClN2O2. The number of halogens is 1. The summed E-state index contributed by atoms with van der Waals surface area (Å²) in [5, 5.41) is 3.02. The van der Waals surface area contributed by atoms with Crippen LogP contribution in [0, 0.1) is 0 Å². The Bertz CT molecular complexity index is 300. The molecule has 1 amide bonds. The number of nitrogens with zero attached hydrogens (tertiary/aromatic N) is 1. The number of amides is 1. The van der Waals surface area contributed by atoms with Gasteiger partial charge in [-0.05, 0) is 19.1 Å². The summed E-state index contributed by atoms with van der Waals surface area (Å²) >= 11 is 5.58. The van der Waals surface area contributed by atoms with Crippen LogP contribution in [-0.2, 0) is 4.79 Å². The highest BCUT2D eigenvalue weighted by Gasteiger charge is 2.00. The van der Waals surface area contributed by atoms with E-state index in [1.807, 2.05) is 6.92 Å². The smallest absolute Gasteiger partial charge is 0.257 e. The van der Waals surface area contributed by atoms with Crippen LogP contribution >= 0.6 is 11.6 Å². The number of pyridine rings is 1. The highest BCUT2D eigenvalue weighted by Crippen LogP contribution is 2.11. The molecule has 0 aliphatic heterocycles. The molecule has 0 aliphatic carbocycles. The Hall–Kier alpha value is -1.29. The monoisotopic (exact) mass is 214 g/mol. The second kappa shape index (κ2) is 5.44. The zero-order valence-corrected chi connectivity index (χ0v) is 8.54. The zero-order chi connectivity index (χ0) is 10.4. The minimum Gasteiger partial charge on any atom is -0.482 e. The Morgan fingerprint density at radius 3 is 3.00 bits per heavy atom. The van der Waals surface area contributed by atoms with E-state index in [0.717, 1.165) is 0 Å². The van der Waals surface area contributed by atoms with Crippen LogP contribution in [0.5, 0.6) is 5.75 Å². The Labute approximate surface area is 87.2 Å². The fourth-order valence-corrected chi connectivity index (χ4v) is 0.956. The number of aromatic nitrogens is 1. The lowest BCUT2D eigenvalue weighted by atomic mass is 10.4. The van der Waals surface area contributed by atoms with Gasteiger partial charge in [-0.15, -0.1) is 0 Å². The molecule has 1 heterocycles. The molecule has 1 rings (SSSR count). The van der Waals surface area contributed by atoms with Gasteiger partial charge in [-0.1, -0.05) is 11.6 Å². The summed E-state index contributed by atoms with van der Waals surface area (Å²) in [4.78, 5) is 14.8. The number of hydrogen-bond acceptors (Lipinski definition) is 3. The first-order chi connectivity index (χ1) is 6.72. The molecule has 0 aliphatic rings. The van der Waals surface area contributed by atoms with E-state index in [1.54, 1.807) is 12.1 Å². The second-order valence-corrected chi connectivity index (χ2v) is 2.95. The van der Waals surface area contributed by atoms with E-state index in [1.165, 1.54) is 6.20 Å². The SMILES string of the molecule is CCNC(=O)COc1ccc(Cl)nc1. The van der Waals surface area contributed by atoms with Crippen LogP contribution in [0.3, 0.4) is 0 Å². The molecule has 0 aromatic carbocycles. The van der Waals surface area contributed by atoms with Gasteiger partial charge in [-0.25, -0.2) is 4.98 Å². The predicted octanol–water partition coefficient (Wildman–Crippen LogP) is 1.25. The summed E-state index contributed by atoms with van der Waals surface area (Å²) in [6.07, 6.45) is 1.47. The fraction of sp³-hybridized carbons (Fsp3) is 0.333. The van der Waals surface area contributed by atoms with Crippen molar-refractivity contribution in [3.05, 3.63) is 23.5 Å². The predicted molar refractivity (Wildman–Crippen MR) is 53.4 cm³/mol. The van der Waals surface area contributed by atoms with Crippen LogP contribution in [0.1, 0.15) is 6.92 Å². The van der Waals surface area contributed by atoms with Crippen LogP contribution in [0.2, 0.25) is 5.15 Å². The van der Waals surface area contributed by atoms with E-state index in [9.17, 15) is 4.79 Å². The normalized spacial score (nSPS) is 9.57. The maximum atomic E-state index is 11.0. The molecule has 0 fully saturated rings. The zero-order valence-electron chi connectivity index (χ0n) is 7.79. The average molecular weight is 215 g/mol. The highest BCUT2D eigenvalue weighted by atomic mass is 35.5. The van der Waals surface area contributed by atoms with Crippen molar-refractivity contribution in [1.29, 1.82) is 0 Å².